The van der Waals surface area contributed by atoms with E-state index in [1.165, 1.54) is 23.8 Å². The third kappa shape index (κ3) is 5.33. The monoisotopic (exact) mass is 373 g/mol. The van der Waals surface area contributed by atoms with Gasteiger partial charge in [0.2, 0.25) is 0 Å². The van der Waals surface area contributed by atoms with Crippen LogP contribution in [0.4, 0.5) is 0 Å². The molecule has 0 aromatic heterocycles. The van der Waals surface area contributed by atoms with Crippen molar-refractivity contribution >= 4 is 15.7 Å². The molecular weight excluding hydrogens is 350 g/mol. The molecule has 0 fully saturated rings. The second-order valence-electron chi connectivity index (χ2n) is 6.74. The number of hydrogen-bond donors (Lipinski definition) is 1. The molecule has 6 heteroatoms. The second kappa shape index (κ2) is 7.91. The van der Waals surface area contributed by atoms with Crippen LogP contribution in [0.5, 0.6) is 5.75 Å². The smallest absolute Gasteiger partial charge is 0.258 e. The first kappa shape index (κ1) is 18.5. The van der Waals surface area contributed by atoms with Crippen molar-refractivity contribution in [1.82, 2.24) is 5.32 Å². The molecule has 26 heavy (non-hydrogen) atoms. The standard InChI is InChI=1S/C20H23NO4S/c1-26(23,24)14-16-7-5-15(6-8-16)12-21-20(22)13-25-19-10-9-17-3-2-4-18(17)11-19/h5-11H,2-4,12-14H2,1H3,(H,21,22). The number of benzene rings is 2. The van der Waals surface area contributed by atoms with Crippen LogP contribution in [-0.4, -0.2) is 27.2 Å². The number of rotatable bonds is 7. The number of hydrogen-bond acceptors (Lipinski definition) is 4. The third-order valence-corrected chi connectivity index (χ3v) is 5.24. The highest BCUT2D eigenvalue weighted by Crippen LogP contribution is 2.25. The summed E-state index contributed by atoms with van der Waals surface area (Å²) in [6.45, 7) is 0.358. The lowest BCUT2D eigenvalue weighted by Gasteiger charge is -2.09. The molecule has 2 aromatic rings. The van der Waals surface area contributed by atoms with Crippen LogP contribution in [0.3, 0.4) is 0 Å². The molecule has 1 aliphatic carbocycles. The molecule has 0 saturated carbocycles. The quantitative estimate of drug-likeness (QED) is 0.809. The number of aryl methyl sites for hydroxylation is 2. The molecule has 1 aliphatic rings. The lowest BCUT2D eigenvalue weighted by atomic mass is 10.1. The van der Waals surface area contributed by atoms with Gasteiger partial charge in [0, 0.05) is 12.8 Å². The van der Waals surface area contributed by atoms with Crippen molar-refractivity contribution in [1.29, 1.82) is 0 Å². The van der Waals surface area contributed by atoms with Crippen LogP contribution >= 0.6 is 0 Å². The number of ether oxygens (including phenoxy) is 1. The zero-order valence-electron chi connectivity index (χ0n) is 14.8. The minimum Gasteiger partial charge on any atom is -0.484 e. The Morgan fingerprint density at radius 3 is 2.46 bits per heavy atom. The molecular formula is C20H23NO4S. The largest absolute Gasteiger partial charge is 0.484 e. The van der Waals surface area contributed by atoms with Crippen LogP contribution < -0.4 is 10.1 Å². The van der Waals surface area contributed by atoms with Crippen LogP contribution in [0.1, 0.15) is 28.7 Å². The molecule has 0 radical (unpaired) electrons. The van der Waals surface area contributed by atoms with Gasteiger partial charge in [-0.3, -0.25) is 4.79 Å². The summed E-state index contributed by atoms with van der Waals surface area (Å²) in [6.07, 6.45) is 4.59. The average molecular weight is 373 g/mol. The van der Waals surface area contributed by atoms with Crippen molar-refractivity contribution in [3.8, 4) is 5.75 Å². The van der Waals surface area contributed by atoms with Crippen LogP contribution in [0.15, 0.2) is 42.5 Å². The average Bonchev–Trinajstić information content (AvgIpc) is 3.05. The van der Waals surface area contributed by atoms with Crippen molar-refractivity contribution in [3.05, 3.63) is 64.7 Å². The van der Waals surface area contributed by atoms with E-state index in [9.17, 15) is 13.2 Å². The molecule has 5 nitrogen and oxygen atoms in total. The Morgan fingerprint density at radius 1 is 1.04 bits per heavy atom. The van der Waals surface area contributed by atoms with Gasteiger partial charge in [0.05, 0.1) is 5.75 Å². The van der Waals surface area contributed by atoms with E-state index in [2.05, 4.69) is 11.4 Å². The lowest BCUT2D eigenvalue weighted by molar-refractivity contribution is -0.123. The molecule has 1 N–H and O–H groups in total. The van der Waals surface area contributed by atoms with E-state index in [4.69, 9.17) is 4.74 Å². The Morgan fingerprint density at radius 2 is 1.73 bits per heavy atom. The number of amides is 1. The molecule has 0 bridgehead atoms. The second-order valence-corrected chi connectivity index (χ2v) is 8.88. The van der Waals surface area contributed by atoms with E-state index >= 15 is 0 Å². The Hall–Kier alpha value is -2.34. The number of carbonyl (C=O) groups is 1. The maximum atomic E-state index is 12.0. The SMILES string of the molecule is CS(=O)(=O)Cc1ccc(CNC(=O)COc2ccc3c(c2)CCC3)cc1. The fourth-order valence-electron chi connectivity index (χ4n) is 3.09. The zero-order chi connectivity index (χ0) is 18.6. The lowest BCUT2D eigenvalue weighted by Crippen LogP contribution is -2.28. The first-order valence-electron chi connectivity index (χ1n) is 8.66. The van der Waals surface area contributed by atoms with E-state index in [1.54, 1.807) is 12.1 Å². The Labute approximate surface area is 154 Å². The highest BCUT2D eigenvalue weighted by atomic mass is 32.2. The predicted octanol–water partition coefficient (Wildman–Crippen LogP) is 2.42. The van der Waals surface area contributed by atoms with Gasteiger partial charge in [0.15, 0.2) is 16.4 Å². The van der Waals surface area contributed by atoms with Gasteiger partial charge in [-0.25, -0.2) is 8.42 Å². The van der Waals surface area contributed by atoms with E-state index in [0.29, 0.717) is 6.54 Å². The zero-order valence-corrected chi connectivity index (χ0v) is 15.6. The molecule has 0 saturated heterocycles. The van der Waals surface area contributed by atoms with E-state index in [0.717, 1.165) is 29.7 Å². The maximum Gasteiger partial charge on any atom is 0.258 e. The Kier molecular flexibility index (Phi) is 5.61. The summed E-state index contributed by atoms with van der Waals surface area (Å²) < 4.78 is 28.1. The van der Waals surface area contributed by atoms with Crippen molar-refractivity contribution < 1.29 is 17.9 Å². The molecule has 0 unspecified atom stereocenters. The Balaban J connectivity index is 1.45. The van der Waals surface area contributed by atoms with Crippen molar-refractivity contribution in [2.75, 3.05) is 12.9 Å². The van der Waals surface area contributed by atoms with Gasteiger partial charge >= 0.3 is 0 Å². The molecule has 138 valence electrons. The van der Waals surface area contributed by atoms with E-state index < -0.39 is 9.84 Å². The summed E-state index contributed by atoms with van der Waals surface area (Å²) in [7, 11) is -3.04. The van der Waals surface area contributed by atoms with Gasteiger partial charge in [-0.05, 0) is 53.6 Å². The van der Waals surface area contributed by atoms with Crippen LogP contribution in [-0.2, 0) is 39.8 Å². The fraction of sp³-hybridized carbons (Fsp3) is 0.350. The number of carbonyl (C=O) groups excluding carboxylic acids is 1. The van der Waals surface area contributed by atoms with Gasteiger partial charge in [-0.2, -0.15) is 0 Å². The molecule has 0 atom stereocenters. The van der Waals surface area contributed by atoms with E-state index in [1.807, 2.05) is 24.3 Å². The number of nitrogens with one attached hydrogen (secondary N) is 1. The molecule has 0 heterocycles. The summed E-state index contributed by atoms with van der Waals surface area (Å²) in [4.78, 5) is 12.0. The molecule has 2 aromatic carbocycles. The highest BCUT2D eigenvalue weighted by Gasteiger charge is 2.12. The summed E-state index contributed by atoms with van der Waals surface area (Å²) in [6, 6.07) is 13.2. The van der Waals surface area contributed by atoms with Crippen LogP contribution in [0.25, 0.3) is 0 Å². The fourth-order valence-corrected chi connectivity index (χ4v) is 3.89. The van der Waals surface area contributed by atoms with Crippen LogP contribution in [0, 0.1) is 0 Å². The minimum absolute atomic E-state index is 0.0221. The number of sulfone groups is 1. The van der Waals surface area contributed by atoms with Gasteiger partial charge in [0.25, 0.3) is 5.91 Å². The van der Waals surface area contributed by atoms with Crippen molar-refractivity contribution in [2.45, 2.75) is 31.6 Å². The van der Waals surface area contributed by atoms with Gasteiger partial charge in [0.1, 0.15) is 5.75 Å². The summed E-state index contributed by atoms with van der Waals surface area (Å²) in [5.41, 5.74) is 4.34. The molecule has 3 rings (SSSR count). The summed E-state index contributed by atoms with van der Waals surface area (Å²) in [5, 5.41) is 2.81. The summed E-state index contributed by atoms with van der Waals surface area (Å²) in [5.74, 6) is 0.561. The Bertz CT molecular complexity index is 889. The van der Waals surface area contributed by atoms with Gasteiger partial charge in [-0.1, -0.05) is 30.3 Å². The van der Waals surface area contributed by atoms with Gasteiger partial charge < -0.3 is 10.1 Å². The van der Waals surface area contributed by atoms with Crippen molar-refractivity contribution in [2.24, 2.45) is 0 Å². The predicted molar refractivity (Wildman–Crippen MR) is 101 cm³/mol. The van der Waals surface area contributed by atoms with Crippen molar-refractivity contribution in [3.63, 3.8) is 0 Å². The molecule has 1 amide bonds. The van der Waals surface area contributed by atoms with E-state index in [-0.39, 0.29) is 18.3 Å². The summed E-state index contributed by atoms with van der Waals surface area (Å²) >= 11 is 0. The number of fused-ring (bicyclic) bond motifs is 1. The van der Waals surface area contributed by atoms with Crippen LogP contribution in [0.2, 0.25) is 0 Å². The topological polar surface area (TPSA) is 72.5 Å². The van der Waals surface area contributed by atoms with Gasteiger partial charge in [-0.15, -0.1) is 0 Å². The highest BCUT2D eigenvalue weighted by molar-refractivity contribution is 7.89. The third-order valence-electron chi connectivity index (χ3n) is 4.38. The molecule has 0 spiro atoms. The normalized spacial score (nSPS) is 13.3. The maximum absolute atomic E-state index is 12.0. The minimum atomic E-state index is -3.04. The first-order valence-corrected chi connectivity index (χ1v) is 10.7. The first-order chi connectivity index (χ1) is 12.4. The molecule has 0 aliphatic heterocycles.